The molecule has 0 bridgehead atoms. The van der Waals surface area contributed by atoms with Gasteiger partial charge in [-0.3, -0.25) is 9.59 Å². The molecule has 3 aromatic rings. The Morgan fingerprint density at radius 3 is 2.72 bits per heavy atom. The van der Waals surface area contributed by atoms with Gasteiger partial charge in [0.15, 0.2) is 11.5 Å². The Kier molecular flexibility index (Phi) is 4.16. The van der Waals surface area contributed by atoms with E-state index in [1.165, 1.54) is 4.79 Å². The van der Waals surface area contributed by atoms with Crippen LogP contribution in [0.1, 0.15) is 27.2 Å². The second-order valence-corrected chi connectivity index (χ2v) is 6.95. The standard InChI is InChI=1S/C21H18N4O4/c26-20(8-14-4-2-1-3-5-14)24-11-16-10-22-25(17(16)12-24)23-21(27)15-6-7-18-19(9-15)29-13-28-18/h1-7,9-10H,8,11-13H2,(H,23,27). The smallest absolute Gasteiger partial charge is 0.271 e. The lowest BCUT2D eigenvalue weighted by atomic mass is 10.1. The van der Waals surface area contributed by atoms with Crippen LogP contribution in [0.5, 0.6) is 11.5 Å². The summed E-state index contributed by atoms with van der Waals surface area (Å²) in [5, 5.41) is 4.24. The highest BCUT2D eigenvalue weighted by Crippen LogP contribution is 2.32. The molecule has 2 aliphatic heterocycles. The number of rotatable bonds is 4. The number of amides is 2. The van der Waals surface area contributed by atoms with Crippen LogP contribution in [0, 0.1) is 0 Å². The third kappa shape index (κ3) is 3.29. The van der Waals surface area contributed by atoms with Crippen LogP contribution in [0.25, 0.3) is 0 Å². The summed E-state index contributed by atoms with van der Waals surface area (Å²) in [6.45, 7) is 1.04. The fraction of sp³-hybridized carbons (Fsp3) is 0.190. The van der Waals surface area contributed by atoms with E-state index in [-0.39, 0.29) is 18.6 Å². The van der Waals surface area contributed by atoms with Gasteiger partial charge in [-0.25, -0.2) is 5.43 Å². The summed E-state index contributed by atoms with van der Waals surface area (Å²) < 4.78 is 10.6. The number of nitrogens with zero attached hydrogens (tertiary/aromatic N) is 3. The Labute approximate surface area is 166 Å². The van der Waals surface area contributed by atoms with Crippen molar-refractivity contribution in [2.75, 3.05) is 12.2 Å². The topological polar surface area (TPSA) is 85.7 Å². The number of aromatic nitrogens is 2. The summed E-state index contributed by atoms with van der Waals surface area (Å²) in [6, 6.07) is 14.7. The van der Waals surface area contributed by atoms with Gasteiger partial charge in [-0.2, -0.15) is 9.89 Å². The minimum absolute atomic E-state index is 0.0426. The fourth-order valence-corrected chi connectivity index (χ4v) is 3.50. The molecule has 0 fully saturated rings. The zero-order valence-electron chi connectivity index (χ0n) is 15.5. The maximum absolute atomic E-state index is 12.6. The van der Waals surface area contributed by atoms with Gasteiger partial charge in [0, 0.05) is 17.7 Å². The summed E-state index contributed by atoms with van der Waals surface area (Å²) in [5.74, 6) is 0.888. The number of benzene rings is 2. The first-order chi connectivity index (χ1) is 14.2. The first kappa shape index (κ1) is 17.3. The summed E-state index contributed by atoms with van der Waals surface area (Å²) in [6.07, 6.45) is 2.03. The van der Waals surface area contributed by atoms with E-state index in [1.807, 2.05) is 30.3 Å². The summed E-state index contributed by atoms with van der Waals surface area (Å²) in [5.41, 5.74) is 5.92. The molecule has 2 amide bonds. The van der Waals surface area contributed by atoms with E-state index in [2.05, 4.69) is 10.5 Å². The van der Waals surface area contributed by atoms with Crippen molar-refractivity contribution in [1.82, 2.24) is 14.8 Å². The van der Waals surface area contributed by atoms with Gasteiger partial charge in [0.1, 0.15) is 0 Å². The molecule has 8 nitrogen and oxygen atoms in total. The van der Waals surface area contributed by atoms with Crippen LogP contribution in [0.2, 0.25) is 0 Å². The number of ether oxygens (including phenoxy) is 2. The van der Waals surface area contributed by atoms with E-state index >= 15 is 0 Å². The van der Waals surface area contributed by atoms with Crippen molar-refractivity contribution >= 4 is 11.8 Å². The van der Waals surface area contributed by atoms with E-state index in [4.69, 9.17) is 9.47 Å². The van der Waals surface area contributed by atoms with Gasteiger partial charge in [0.05, 0.1) is 24.9 Å². The Bertz CT molecular complexity index is 1090. The minimum Gasteiger partial charge on any atom is -0.454 e. The van der Waals surface area contributed by atoms with Crippen molar-refractivity contribution in [2.24, 2.45) is 0 Å². The molecule has 0 unspecified atom stereocenters. The highest BCUT2D eigenvalue weighted by atomic mass is 16.7. The number of fused-ring (bicyclic) bond motifs is 2. The zero-order chi connectivity index (χ0) is 19.8. The van der Waals surface area contributed by atoms with Crippen molar-refractivity contribution in [3.8, 4) is 11.5 Å². The van der Waals surface area contributed by atoms with Gasteiger partial charge < -0.3 is 14.4 Å². The SMILES string of the molecule is O=C(Nn1ncc2c1CN(C(=O)Cc1ccccc1)C2)c1ccc2c(c1)OCO2. The van der Waals surface area contributed by atoms with Gasteiger partial charge in [-0.1, -0.05) is 30.3 Å². The molecule has 1 aromatic heterocycles. The van der Waals surface area contributed by atoms with E-state index in [0.29, 0.717) is 36.6 Å². The zero-order valence-corrected chi connectivity index (χ0v) is 15.5. The number of hydrogen-bond donors (Lipinski definition) is 1. The highest BCUT2D eigenvalue weighted by molar-refractivity contribution is 6.00. The van der Waals surface area contributed by atoms with Crippen molar-refractivity contribution in [1.29, 1.82) is 0 Å². The molecule has 0 radical (unpaired) electrons. The summed E-state index contributed by atoms with van der Waals surface area (Å²) >= 11 is 0. The summed E-state index contributed by atoms with van der Waals surface area (Å²) in [7, 11) is 0. The minimum atomic E-state index is -0.316. The second-order valence-electron chi connectivity index (χ2n) is 6.95. The Morgan fingerprint density at radius 1 is 1.03 bits per heavy atom. The number of carbonyl (C=O) groups excluding carboxylic acids is 2. The van der Waals surface area contributed by atoms with Crippen LogP contribution in [-0.2, 0) is 24.3 Å². The average Bonchev–Trinajstić information content (AvgIpc) is 3.45. The molecule has 5 rings (SSSR count). The average molecular weight is 390 g/mol. The van der Waals surface area contributed by atoms with Crippen LogP contribution in [0.15, 0.2) is 54.7 Å². The van der Waals surface area contributed by atoms with E-state index in [9.17, 15) is 9.59 Å². The van der Waals surface area contributed by atoms with E-state index in [1.54, 1.807) is 29.3 Å². The highest BCUT2D eigenvalue weighted by Gasteiger charge is 2.28. The van der Waals surface area contributed by atoms with Gasteiger partial charge in [-0.15, -0.1) is 0 Å². The van der Waals surface area contributed by atoms with Gasteiger partial charge in [-0.05, 0) is 23.8 Å². The second kappa shape index (κ2) is 6.97. The van der Waals surface area contributed by atoms with E-state index in [0.717, 1.165) is 16.8 Å². The molecule has 0 atom stereocenters. The molecule has 1 N–H and O–H groups in total. The van der Waals surface area contributed by atoms with Crippen LogP contribution < -0.4 is 14.9 Å². The maximum Gasteiger partial charge on any atom is 0.271 e. The molecular weight excluding hydrogens is 372 g/mol. The molecule has 8 heteroatoms. The predicted octanol–water partition coefficient (Wildman–Crippen LogP) is 2.08. The normalized spacial score (nSPS) is 14.0. The van der Waals surface area contributed by atoms with Crippen LogP contribution >= 0.6 is 0 Å². The first-order valence-electron chi connectivity index (χ1n) is 9.26. The van der Waals surface area contributed by atoms with Crippen molar-refractivity contribution < 1.29 is 19.1 Å². The molecule has 0 saturated carbocycles. The summed E-state index contributed by atoms with van der Waals surface area (Å²) in [4.78, 5) is 28.5. The third-order valence-corrected chi connectivity index (χ3v) is 5.05. The first-order valence-corrected chi connectivity index (χ1v) is 9.26. The lowest BCUT2D eigenvalue weighted by Crippen LogP contribution is -2.30. The lowest BCUT2D eigenvalue weighted by molar-refractivity contribution is -0.131. The Hall–Kier alpha value is -3.81. The third-order valence-electron chi connectivity index (χ3n) is 5.05. The van der Waals surface area contributed by atoms with Crippen LogP contribution in [0.3, 0.4) is 0 Å². The fourth-order valence-electron chi connectivity index (χ4n) is 3.50. The van der Waals surface area contributed by atoms with Gasteiger partial charge in [0.25, 0.3) is 5.91 Å². The number of nitrogens with one attached hydrogen (secondary N) is 1. The number of hydrogen-bond acceptors (Lipinski definition) is 5. The number of carbonyl (C=O) groups is 2. The van der Waals surface area contributed by atoms with Crippen LogP contribution in [0.4, 0.5) is 0 Å². The molecule has 0 spiro atoms. The van der Waals surface area contributed by atoms with E-state index < -0.39 is 0 Å². The predicted molar refractivity (Wildman–Crippen MR) is 103 cm³/mol. The van der Waals surface area contributed by atoms with Gasteiger partial charge in [0.2, 0.25) is 12.7 Å². The molecular formula is C21H18N4O4. The molecule has 146 valence electrons. The molecule has 2 aliphatic rings. The molecule has 3 heterocycles. The molecule has 29 heavy (non-hydrogen) atoms. The van der Waals surface area contributed by atoms with Crippen LogP contribution in [-0.4, -0.2) is 33.4 Å². The van der Waals surface area contributed by atoms with Crippen molar-refractivity contribution in [2.45, 2.75) is 19.5 Å². The molecule has 0 saturated heterocycles. The quantitative estimate of drug-likeness (QED) is 0.737. The lowest BCUT2D eigenvalue weighted by Gasteiger charge is -2.16. The molecule has 2 aromatic carbocycles. The monoisotopic (exact) mass is 390 g/mol. The Morgan fingerprint density at radius 2 is 1.86 bits per heavy atom. The largest absolute Gasteiger partial charge is 0.454 e. The van der Waals surface area contributed by atoms with Gasteiger partial charge >= 0.3 is 0 Å². The maximum atomic E-state index is 12.6. The van der Waals surface area contributed by atoms with Crippen molar-refractivity contribution in [3.63, 3.8) is 0 Å². The van der Waals surface area contributed by atoms with Crippen molar-refractivity contribution in [3.05, 3.63) is 77.1 Å². The molecule has 0 aliphatic carbocycles. The Balaban J connectivity index is 1.27.